The van der Waals surface area contributed by atoms with Crippen LogP contribution in [0.15, 0.2) is 24.3 Å². The summed E-state index contributed by atoms with van der Waals surface area (Å²) in [6.07, 6.45) is 5.69. The smallest absolute Gasteiger partial charge is 0.0790 e. The molecule has 1 fully saturated rings. The summed E-state index contributed by atoms with van der Waals surface area (Å²) in [6, 6.07) is 8.57. The van der Waals surface area contributed by atoms with Gasteiger partial charge in [0.05, 0.1) is 6.10 Å². The molecular weight excluding hydrogens is 184 g/mol. The number of aliphatic hydroxyl groups excluding tert-OH is 1. The highest BCUT2D eigenvalue weighted by Crippen LogP contribution is 2.36. The summed E-state index contributed by atoms with van der Waals surface area (Å²) in [6.45, 7) is 2.10. The molecule has 1 aliphatic carbocycles. The van der Waals surface area contributed by atoms with Crippen molar-refractivity contribution < 1.29 is 5.11 Å². The molecule has 0 bridgehead atoms. The predicted molar refractivity (Wildman–Crippen MR) is 62.9 cm³/mol. The van der Waals surface area contributed by atoms with Gasteiger partial charge in [0, 0.05) is 0 Å². The lowest BCUT2D eigenvalue weighted by Gasteiger charge is -2.26. The van der Waals surface area contributed by atoms with E-state index in [1.165, 1.54) is 24.8 Å². The molecule has 0 aromatic heterocycles. The third-order valence-corrected chi connectivity index (χ3v) is 3.46. The molecule has 1 saturated carbocycles. The highest BCUT2D eigenvalue weighted by atomic mass is 16.3. The minimum atomic E-state index is -0.273. The molecular formula is C14H20O. The average molecular weight is 204 g/mol. The molecule has 1 aromatic carbocycles. The van der Waals surface area contributed by atoms with Crippen molar-refractivity contribution in [1.29, 1.82) is 0 Å². The van der Waals surface area contributed by atoms with Gasteiger partial charge in [-0.1, -0.05) is 44.0 Å². The van der Waals surface area contributed by atoms with Gasteiger partial charge >= 0.3 is 0 Å². The molecule has 1 heteroatoms. The van der Waals surface area contributed by atoms with E-state index >= 15 is 0 Å². The molecule has 1 aliphatic rings. The zero-order valence-electron chi connectivity index (χ0n) is 9.45. The van der Waals surface area contributed by atoms with Crippen LogP contribution in [0.4, 0.5) is 0 Å². The molecule has 0 amide bonds. The van der Waals surface area contributed by atoms with E-state index in [1.807, 2.05) is 0 Å². The fraction of sp³-hybridized carbons (Fsp3) is 0.571. The van der Waals surface area contributed by atoms with Gasteiger partial charge < -0.3 is 5.11 Å². The number of benzene rings is 1. The second-order valence-corrected chi connectivity index (χ2v) is 4.60. The standard InChI is InChI=1S/C14H20O/c1-2-4-14(15)13-9-7-12(8-10-13)11-5-3-6-11/h7-11,14-15H,2-6H2,1H3. The van der Waals surface area contributed by atoms with E-state index in [9.17, 15) is 5.11 Å². The summed E-state index contributed by atoms with van der Waals surface area (Å²) >= 11 is 0. The van der Waals surface area contributed by atoms with E-state index in [1.54, 1.807) is 0 Å². The van der Waals surface area contributed by atoms with Crippen LogP contribution in [0.1, 0.15) is 62.2 Å². The molecule has 15 heavy (non-hydrogen) atoms. The SMILES string of the molecule is CCCC(O)c1ccc(C2CCC2)cc1. The molecule has 1 unspecified atom stereocenters. The summed E-state index contributed by atoms with van der Waals surface area (Å²) in [5, 5.41) is 9.82. The van der Waals surface area contributed by atoms with Gasteiger partial charge in [0.1, 0.15) is 0 Å². The zero-order chi connectivity index (χ0) is 10.7. The molecule has 1 nitrogen and oxygen atoms in total. The van der Waals surface area contributed by atoms with Gasteiger partial charge in [-0.3, -0.25) is 0 Å². The molecule has 1 atom stereocenters. The highest BCUT2D eigenvalue weighted by Gasteiger charge is 2.19. The minimum Gasteiger partial charge on any atom is -0.388 e. The Kier molecular flexibility index (Phi) is 3.42. The molecule has 0 saturated heterocycles. The van der Waals surface area contributed by atoms with Crippen molar-refractivity contribution in [2.24, 2.45) is 0 Å². The molecule has 0 heterocycles. The Morgan fingerprint density at radius 1 is 1.27 bits per heavy atom. The quantitative estimate of drug-likeness (QED) is 0.791. The van der Waals surface area contributed by atoms with Crippen LogP contribution < -0.4 is 0 Å². The number of hydrogen-bond donors (Lipinski definition) is 1. The van der Waals surface area contributed by atoms with Gasteiger partial charge in [-0.05, 0) is 36.3 Å². The lowest BCUT2D eigenvalue weighted by molar-refractivity contribution is 0.166. The van der Waals surface area contributed by atoms with Gasteiger partial charge in [0.15, 0.2) is 0 Å². The fourth-order valence-corrected chi connectivity index (χ4v) is 2.17. The van der Waals surface area contributed by atoms with Crippen molar-refractivity contribution in [2.75, 3.05) is 0 Å². The van der Waals surface area contributed by atoms with Crippen LogP contribution >= 0.6 is 0 Å². The number of rotatable bonds is 4. The van der Waals surface area contributed by atoms with Crippen LogP contribution in [0, 0.1) is 0 Å². The minimum absolute atomic E-state index is 0.273. The van der Waals surface area contributed by atoms with Gasteiger partial charge in [-0.15, -0.1) is 0 Å². The van der Waals surface area contributed by atoms with E-state index in [2.05, 4.69) is 31.2 Å². The van der Waals surface area contributed by atoms with Crippen LogP contribution in [-0.2, 0) is 0 Å². The summed E-state index contributed by atoms with van der Waals surface area (Å²) in [5.74, 6) is 0.794. The molecule has 2 rings (SSSR count). The summed E-state index contributed by atoms with van der Waals surface area (Å²) in [7, 11) is 0. The zero-order valence-corrected chi connectivity index (χ0v) is 9.45. The normalized spacial score (nSPS) is 18.5. The topological polar surface area (TPSA) is 20.2 Å². The Balaban J connectivity index is 2.02. The first kappa shape index (κ1) is 10.7. The fourth-order valence-electron chi connectivity index (χ4n) is 2.17. The van der Waals surface area contributed by atoms with E-state index in [-0.39, 0.29) is 6.10 Å². The highest BCUT2D eigenvalue weighted by molar-refractivity contribution is 5.27. The second-order valence-electron chi connectivity index (χ2n) is 4.60. The number of aliphatic hydroxyl groups is 1. The Bertz CT molecular complexity index is 298. The maximum absolute atomic E-state index is 9.82. The predicted octanol–water partition coefficient (Wildman–Crippen LogP) is 3.79. The molecule has 82 valence electrons. The molecule has 0 aliphatic heterocycles. The van der Waals surface area contributed by atoms with Crippen molar-refractivity contribution in [3.05, 3.63) is 35.4 Å². The second kappa shape index (κ2) is 4.80. The lowest BCUT2D eigenvalue weighted by Crippen LogP contribution is -2.08. The maximum atomic E-state index is 9.82. The Morgan fingerprint density at radius 2 is 1.93 bits per heavy atom. The van der Waals surface area contributed by atoms with Crippen molar-refractivity contribution in [3.63, 3.8) is 0 Å². The first-order valence-electron chi connectivity index (χ1n) is 6.09. The summed E-state index contributed by atoms with van der Waals surface area (Å²) in [5.41, 5.74) is 2.52. The van der Waals surface area contributed by atoms with Crippen molar-refractivity contribution >= 4 is 0 Å². The first-order chi connectivity index (χ1) is 7.31. The molecule has 0 radical (unpaired) electrons. The lowest BCUT2D eigenvalue weighted by atomic mass is 9.80. The van der Waals surface area contributed by atoms with Crippen LogP contribution in [-0.4, -0.2) is 5.11 Å². The van der Waals surface area contributed by atoms with Crippen LogP contribution in [0.5, 0.6) is 0 Å². The molecule has 1 N–H and O–H groups in total. The van der Waals surface area contributed by atoms with Gasteiger partial charge in [-0.25, -0.2) is 0 Å². The Hall–Kier alpha value is -0.820. The van der Waals surface area contributed by atoms with E-state index in [0.717, 1.165) is 24.3 Å². The molecule has 1 aromatic rings. The monoisotopic (exact) mass is 204 g/mol. The average Bonchev–Trinajstić information content (AvgIpc) is 2.16. The van der Waals surface area contributed by atoms with Gasteiger partial charge in [0.25, 0.3) is 0 Å². The van der Waals surface area contributed by atoms with Crippen molar-refractivity contribution in [1.82, 2.24) is 0 Å². The Labute approximate surface area is 92.1 Å². The molecule has 0 spiro atoms. The van der Waals surface area contributed by atoms with E-state index in [0.29, 0.717) is 0 Å². The first-order valence-corrected chi connectivity index (χ1v) is 6.09. The third-order valence-electron chi connectivity index (χ3n) is 3.46. The largest absolute Gasteiger partial charge is 0.388 e. The van der Waals surface area contributed by atoms with Crippen LogP contribution in [0.3, 0.4) is 0 Å². The van der Waals surface area contributed by atoms with Crippen LogP contribution in [0.2, 0.25) is 0 Å². The Morgan fingerprint density at radius 3 is 2.40 bits per heavy atom. The maximum Gasteiger partial charge on any atom is 0.0790 e. The number of hydrogen-bond acceptors (Lipinski definition) is 1. The summed E-state index contributed by atoms with van der Waals surface area (Å²) in [4.78, 5) is 0. The van der Waals surface area contributed by atoms with Crippen LogP contribution in [0.25, 0.3) is 0 Å². The van der Waals surface area contributed by atoms with E-state index in [4.69, 9.17) is 0 Å². The summed E-state index contributed by atoms with van der Waals surface area (Å²) < 4.78 is 0. The van der Waals surface area contributed by atoms with Gasteiger partial charge in [0.2, 0.25) is 0 Å². The third kappa shape index (κ3) is 2.40. The van der Waals surface area contributed by atoms with Crippen molar-refractivity contribution in [3.8, 4) is 0 Å². The van der Waals surface area contributed by atoms with Gasteiger partial charge in [-0.2, -0.15) is 0 Å². The van der Waals surface area contributed by atoms with E-state index < -0.39 is 0 Å². The van der Waals surface area contributed by atoms with Crippen molar-refractivity contribution in [2.45, 2.75) is 51.0 Å².